The second-order valence-corrected chi connectivity index (χ2v) is 6.69. The van der Waals surface area contributed by atoms with Gasteiger partial charge in [0.15, 0.2) is 0 Å². The van der Waals surface area contributed by atoms with Crippen molar-refractivity contribution in [2.45, 2.75) is 50.7 Å². The lowest BCUT2D eigenvalue weighted by Crippen LogP contribution is -2.49. The molecule has 2 saturated heterocycles. The van der Waals surface area contributed by atoms with Gasteiger partial charge in [-0.15, -0.1) is 0 Å². The second kappa shape index (κ2) is 5.94. The van der Waals surface area contributed by atoms with Gasteiger partial charge in [0.2, 0.25) is 0 Å². The van der Waals surface area contributed by atoms with E-state index in [1.165, 1.54) is 31.4 Å². The lowest BCUT2D eigenvalue weighted by atomic mass is 9.96. The number of fused-ring (bicyclic) bond motifs is 2. The van der Waals surface area contributed by atoms with Crippen LogP contribution in [0.15, 0.2) is 22.7 Å². The Hall–Kier alpha value is -0.740. The van der Waals surface area contributed by atoms with Gasteiger partial charge in [-0.1, -0.05) is 6.92 Å². The van der Waals surface area contributed by atoms with Crippen LogP contribution in [0.3, 0.4) is 0 Å². The Morgan fingerprint density at radius 3 is 2.60 bits per heavy atom. The molecular formula is C16H23BrN2O. The highest BCUT2D eigenvalue weighted by molar-refractivity contribution is 9.10. The van der Waals surface area contributed by atoms with Crippen molar-refractivity contribution in [2.75, 3.05) is 18.6 Å². The molecule has 1 aromatic rings. The molecular weight excluding hydrogens is 316 g/mol. The minimum absolute atomic E-state index is 0.684. The lowest BCUT2D eigenvalue weighted by Gasteiger charge is -2.41. The number of ether oxygens (including phenoxy) is 1. The van der Waals surface area contributed by atoms with Crippen LogP contribution in [-0.4, -0.2) is 31.8 Å². The summed E-state index contributed by atoms with van der Waals surface area (Å²) in [5.74, 6) is 0.927. The average Bonchev–Trinajstić information content (AvgIpc) is 2.71. The van der Waals surface area contributed by atoms with Gasteiger partial charge in [0.05, 0.1) is 11.6 Å². The first-order valence-corrected chi connectivity index (χ1v) is 8.37. The Morgan fingerprint density at radius 2 is 2.00 bits per heavy atom. The number of benzene rings is 1. The zero-order valence-corrected chi connectivity index (χ0v) is 13.8. The monoisotopic (exact) mass is 338 g/mol. The van der Waals surface area contributed by atoms with Gasteiger partial charge in [-0.2, -0.15) is 0 Å². The van der Waals surface area contributed by atoms with Crippen LogP contribution in [-0.2, 0) is 0 Å². The van der Waals surface area contributed by atoms with Gasteiger partial charge in [-0.25, -0.2) is 0 Å². The third-order valence-corrected chi connectivity index (χ3v) is 5.31. The number of hydrogen-bond acceptors (Lipinski definition) is 3. The fourth-order valence-corrected chi connectivity index (χ4v) is 4.27. The zero-order chi connectivity index (χ0) is 14.1. The van der Waals surface area contributed by atoms with Gasteiger partial charge in [0, 0.05) is 29.9 Å². The summed E-state index contributed by atoms with van der Waals surface area (Å²) < 4.78 is 6.47. The zero-order valence-electron chi connectivity index (χ0n) is 12.2. The van der Waals surface area contributed by atoms with Crippen molar-refractivity contribution in [2.24, 2.45) is 0 Å². The summed E-state index contributed by atoms with van der Waals surface area (Å²) in [6, 6.07) is 8.55. The minimum Gasteiger partial charge on any atom is -0.495 e. The predicted molar refractivity (Wildman–Crippen MR) is 86.7 cm³/mol. The number of hydrogen-bond donors (Lipinski definition) is 1. The van der Waals surface area contributed by atoms with Crippen molar-refractivity contribution in [3.8, 4) is 5.75 Å². The largest absolute Gasteiger partial charge is 0.495 e. The summed E-state index contributed by atoms with van der Waals surface area (Å²) in [6.45, 7) is 3.28. The summed E-state index contributed by atoms with van der Waals surface area (Å²) in [5, 5.41) is 3.63. The van der Waals surface area contributed by atoms with E-state index in [4.69, 9.17) is 4.74 Å². The fraction of sp³-hybridized carbons (Fsp3) is 0.625. The van der Waals surface area contributed by atoms with Crippen molar-refractivity contribution >= 4 is 21.6 Å². The minimum atomic E-state index is 0.684. The van der Waals surface area contributed by atoms with E-state index in [0.717, 1.165) is 16.8 Å². The number of nitrogens with one attached hydrogen (secondary N) is 1. The van der Waals surface area contributed by atoms with Crippen molar-refractivity contribution < 1.29 is 4.74 Å². The van der Waals surface area contributed by atoms with Crippen molar-refractivity contribution in [3.63, 3.8) is 0 Å². The molecule has 2 fully saturated rings. The number of nitrogens with zero attached hydrogens (tertiary/aromatic N) is 1. The Balaban J connectivity index is 1.82. The topological polar surface area (TPSA) is 24.5 Å². The van der Waals surface area contributed by atoms with Crippen LogP contribution in [0, 0.1) is 0 Å². The molecule has 110 valence electrons. The molecule has 1 aromatic carbocycles. The van der Waals surface area contributed by atoms with E-state index in [0.29, 0.717) is 18.1 Å². The van der Waals surface area contributed by atoms with E-state index in [2.05, 4.69) is 51.3 Å². The molecule has 2 aliphatic heterocycles. The van der Waals surface area contributed by atoms with Crippen molar-refractivity contribution in [1.82, 2.24) is 5.32 Å². The van der Waals surface area contributed by atoms with Crippen LogP contribution in [0.4, 0.5) is 5.69 Å². The maximum absolute atomic E-state index is 5.44. The lowest BCUT2D eigenvalue weighted by molar-refractivity contribution is 0.361. The molecule has 0 aromatic heterocycles. The summed E-state index contributed by atoms with van der Waals surface area (Å²) in [6.07, 6.45) is 5.18. The predicted octanol–water partition coefficient (Wildman–Crippen LogP) is 3.57. The summed E-state index contributed by atoms with van der Waals surface area (Å²) in [5.41, 5.74) is 1.31. The van der Waals surface area contributed by atoms with E-state index in [-0.39, 0.29) is 0 Å². The first-order valence-electron chi connectivity index (χ1n) is 7.58. The molecule has 0 amide bonds. The van der Waals surface area contributed by atoms with E-state index in [1.807, 2.05) is 0 Å². The van der Waals surface area contributed by atoms with E-state index in [1.54, 1.807) is 7.11 Å². The Kier molecular flexibility index (Phi) is 4.22. The molecule has 0 spiro atoms. The van der Waals surface area contributed by atoms with Gasteiger partial charge in [0.1, 0.15) is 5.75 Å². The molecule has 2 heterocycles. The second-order valence-electron chi connectivity index (χ2n) is 5.84. The average molecular weight is 339 g/mol. The first-order chi connectivity index (χ1) is 9.72. The molecule has 20 heavy (non-hydrogen) atoms. The standard InChI is InChI=1S/C16H23BrN2O/c1-3-18-11-8-12-4-5-13(9-11)19(12)14-6-7-15(17)16(10-14)20-2/h6-7,10-13,18H,3-5,8-9H2,1-2H3. The Labute approximate surface area is 129 Å². The van der Waals surface area contributed by atoms with Crippen molar-refractivity contribution in [1.29, 1.82) is 0 Å². The molecule has 2 bridgehead atoms. The van der Waals surface area contributed by atoms with Crippen LogP contribution < -0.4 is 15.0 Å². The Morgan fingerprint density at radius 1 is 1.30 bits per heavy atom. The van der Waals surface area contributed by atoms with Gasteiger partial charge < -0.3 is 15.0 Å². The SMILES string of the molecule is CCNC1CC2CCC(C1)N2c1ccc(Br)c(OC)c1. The third-order valence-electron chi connectivity index (χ3n) is 4.66. The quantitative estimate of drug-likeness (QED) is 0.908. The molecule has 4 heteroatoms. The molecule has 1 N–H and O–H groups in total. The van der Waals surface area contributed by atoms with Crippen LogP contribution in [0.1, 0.15) is 32.6 Å². The Bertz CT molecular complexity index is 466. The van der Waals surface area contributed by atoms with Gasteiger partial charge in [-0.05, 0) is 60.3 Å². The van der Waals surface area contributed by atoms with E-state index >= 15 is 0 Å². The maximum atomic E-state index is 5.44. The van der Waals surface area contributed by atoms with E-state index in [9.17, 15) is 0 Å². The maximum Gasteiger partial charge on any atom is 0.135 e. The number of halogens is 1. The molecule has 0 aliphatic carbocycles. The summed E-state index contributed by atoms with van der Waals surface area (Å²) >= 11 is 3.54. The molecule has 0 radical (unpaired) electrons. The number of piperidine rings is 1. The molecule has 2 atom stereocenters. The highest BCUT2D eigenvalue weighted by atomic mass is 79.9. The first kappa shape index (κ1) is 14.2. The highest BCUT2D eigenvalue weighted by Gasteiger charge is 2.40. The van der Waals surface area contributed by atoms with Gasteiger partial charge >= 0.3 is 0 Å². The number of rotatable bonds is 4. The molecule has 3 nitrogen and oxygen atoms in total. The molecule has 2 aliphatic rings. The van der Waals surface area contributed by atoms with Crippen molar-refractivity contribution in [3.05, 3.63) is 22.7 Å². The van der Waals surface area contributed by atoms with Crippen LogP contribution in [0.5, 0.6) is 5.75 Å². The number of anilines is 1. The smallest absolute Gasteiger partial charge is 0.135 e. The van der Waals surface area contributed by atoms with Crippen LogP contribution >= 0.6 is 15.9 Å². The van der Waals surface area contributed by atoms with Crippen LogP contribution in [0.2, 0.25) is 0 Å². The van der Waals surface area contributed by atoms with E-state index < -0.39 is 0 Å². The van der Waals surface area contributed by atoms with Gasteiger partial charge in [-0.3, -0.25) is 0 Å². The summed E-state index contributed by atoms with van der Waals surface area (Å²) in [4.78, 5) is 2.63. The number of methoxy groups -OCH3 is 1. The normalized spacial score (nSPS) is 28.8. The summed E-state index contributed by atoms with van der Waals surface area (Å²) in [7, 11) is 1.73. The molecule has 2 unspecified atom stereocenters. The van der Waals surface area contributed by atoms with Gasteiger partial charge in [0.25, 0.3) is 0 Å². The highest BCUT2D eigenvalue weighted by Crippen LogP contribution is 2.41. The van der Waals surface area contributed by atoms with Crippen LogP contribution in [0.25, 0.3) is 0 Å². The fourth-order valence-electron chi connectivity index (χ4n) is 3.86. The molecule has 0 saturated carbocycles. The molecule has 3 rings (SSSR count). The third kappa shape index (κ3) is 2.56.